The normalized spacial score (nSPS) is 12.0. The standard InChI is InChI=1S/C16H16O4S/c1-11(17)21-10-13(16(18)19)9-20-15-8-4-6-12-5-2-3-7-14(12)15/h2-8,13H,9-10H2,1H3,(H,18,19). The molecular formula is C16H16O4S. The molecule has 0 saturated heterocycles. The fourth-order valence-corrected chi connectivity index (χ4v) is 2.60. The molecule has 1 N–H and O–H groups in total. The van der Waals surface area contributed by atoms with Gasteiger partial charge in [0.1, 0.15) is 18.3 Å². The smallest absolute Gasteiger partial charge is 0.310 e. The first-order valence-electron chi connectivity index (χ1n) is 6.54. The lowest BCUT2D eigenvalue weighted by molar-refractivity contribution is -0.141. The van der Waals surface area contributed by atoms with Gasteiger partial charge in [-0.05, 0) is 11.5 Å². The Morgan fingerprint density at radius 2 is 1.90 bits per heavy atom. The third kappa shape index (κ3) is 4.23. The van der Waals surface area contributed by atoms with Crippen LogP contribution in [-0.4, -0.2) is 28.6 Å². The Morgan fingerprint density at radius 3 is 2.62 bits per heavy atom. The Kier molecular flexibility index (Phi) is 5.22. The van der Waals surface area contributed by atoms with Gasteiger partial charge < -0.3 is 9.84 Å². The Labute approximate surface area is 127 Å². The van der Waals surface area contributed by atoms with Crippen LogP contribution in [0.4, 0.5) is 0 Å². The molecule has 5 heteroatoms. The van der Waals surface area contributed by atoms with Crippen molar-refractivity contribution in [1.82, 2.24) is 0 Å². The van der Waals surface area contributed by atoms with Crippen LogP contribution in [-0.2, 0) is 9.59 Å². The summed E-state index contributed by atoms with van der Waals surface area (Å²) in [5, 5.41) is 11.1. The largest absolute Gasteiger partial charge is 0.492 e. The minimum atomic E-state index is -0.955. The molecule has 4 nitrogen and oxygen atoms in total. The zero-order valence-electron chi connectivity index (χ0n) is 11.6. The van der Waals surface area contributed by atoms with E-state index in [4.69, 9.17) is 4.74 Å². The second-order valence-corrected chi connectivity index (χ2v) is 5.82. The van der Waals surface area contributed by atoms with Crippen molar-refractivity contribution in [3.8, 4) is 5.75 Å². The number of carboxylic acids is 1. The summed E-state index contributed by atoms with van der Waals surface area (Å²) in [4.78, 5) is 22.1. The van der Waals surface area contributed by atoms with Gasteiger partial charge in [0.05, 0.1) is 0 Å². The van der Waals surface area contributed by atoms with E-state index in [9.17, 15) is 14.7 Å². The van der Waals surface area contributed by atoms with Crippen molar-refractivity contribution in [1.29, 1.82) is 0 Å². The van der Waals surface area contributed by atoms with E-state index in [0.29, 0.717) is 5.75 Å². The highest BCUT2D eigenvalue weighted by Crippen LogP contribution is 2.25. The minimum absolute atomic E-state index is 0.0453. The molecule has 0 saturated carbocycles. The van der Waals surface area contributed by atoms with Gasteiger partial charge in [-0.1, -0.05) is 48.2 Å². The Hall–Kier alpha value is -2.01. The number of hydrogen-bond acceptors (Lipinski definition) is 4. The predicted octanol–water partition coefficient (Wildman–Crippen LogP) is 3.20. The van der Waals surface area contributed by atoms with Gasteiger partial charge in [0.15, 0.2) is 5.12 Å². The van der Waals surface area contributed by atoms with Crippen LogP contribution in [0.25, 0.3) is 10.8 Å². The lowest BCUT2D eigenvalue weighted by Crippen LogP contribution is -2.24. The molecule has 1 unspecified atom stereocenters. The van der Waals surface area contributed by atoms with E-state index < -0.39 is 11.9 Å². The van der Waals surface area contributed by atoms with Crippen LogP contribution in [0.5, 0.6) is 5.75 Å². The van der Waals surface area contributed by atoms with Crippen molar-refractivity contribution in [2.45, 2.75) is 6.92 Å². The fraction of sp³-hybridized carbons (Fsp3) is 0.250. The van der Waals surface area contributed by atoms with Gasteiger partial charge in [-0.3, -0.25) is 9.59 Å². The third-order valence-electron chi connectivity index (χ3n) is 3.03. The summed E-state index contributed by atoms with van der Waals surface area (Å²) in [5.41, 5.74) is 0. The molecule has 0 bridgehead atoms. The average Bonchev–Trinajstić information content (AvgIpc) is 2.46. The van der Waals surface area contributed by atoms with Crippen LogP contribution < -0.4 is 4.74 Å². The van der Waals surface area contributed by atoms with Gasteiger partial charge in [-0.25, -0.2) is 0 Å². The zero-order chi connectivity index (χ0) is 15.2. The Bertz CT molecular complexity index is 648. The van der Waals surface area contributed by atoms with Crippen LogP contribution in [0.3, 0.4) is 0 Å². The monoisotopic (exact) mass is 304 g/mol. The Morgan fingerprint density at radius 1 is 1.19 bits per heavy atom. The average molecular weight is 304 g/mol. The van der Waals surface area contributed by atoms with Gasteiger partial charge in [0, 0.05) is 18.1 Å². The quantitative estimate of drug-likeness (QED) is 0.888. The summed E-state index contributed by atoms with van der Waals surface area (Å²) in [5.74, 6) is -0.788. The SMILES string of the molecule is CC(=O)SCC(COc1cccc2ccccc12)C(=O)O. The second-order valence-electron chi connectivity index (χ2n) is 4.63. The molecule has 0 aliphatic heterocycles. The number of ether oxygens (including phenoxy) is 1. The maximum Gasteiger partial charge on any atom is 0.310 e. The van der Waals surface area contributed by atoms with Crippen LogP contribution in [0.15, 0.2) is 42.5 Å². The summed E-state index contributed by atoms with van der Waals surface area (Å²) in [6.07, 6.45) is 0. The summed E-state index contributed by atoms with van der Waals surface area (Å²) < 4.78 is 5.67. The molecule has 2 aromatic rings. The highest BCUT2D eigenvalue weighted by molar-refractivity contribution is 8.13. The second kappa shape index (κ2) is 7.13. The van der Waals surface area contributed by atoms with Crippen molar-refractivity contribution < 1.29 is 19.4 Å². The molecule has 0 aromatic heterocycles. The van der Waals surface area contributed by atoms with Crippen molar-refractivity contribution >= 4 is 33.6 Å². The molecule has 2 rings (SSSR count). The van der Waals surface area contributed by atoms with Gasteiger partial charge >= 0.3 is 5.97 Å². The molecule has 0 aliphatic rings. The molecular weight excluding hydrogens is 288 g/mol. The minimum Gasteiger partial charge on any atom is -0.492 e. The topological polar surface area (TPSA) is 63.6 Å². The number of carbonyl (C=O) groups is 2. The molecule has 21 heavy (non-hydrogen) atoms. The molecule has 2 aromatic carbocycles. The first-order chi connectivity index (χ1) is 10.1. The summed E-state index contributed by atoms with van der Waals surface area (Å²) >= 11 is 1.01. The van der Waals surface area contributed by atoms with E-state index in [1.807, 2.05) is 42.5 Å². The van der Waals surface area contributed by atoms with Crippen LogP contribution in [0, 0.1) is 5.92 Å². The van der Waals surface area contributed by atoms with Gasteiger partial charge in [0.2, 0.25) is 0 Å². The van der Waals surface area contributed by atoms with E-state index >= 15 is 0 Å². The van der Waals surface area contributed by atoms with E-state index in [1.54, 1.807) is 0 Å². The summed E-state index contributed by atoms with van der Waals surface area (Å²) in [7, 11) is 0. The summed E-state index contributed by atoms with van der Waals surface area (Å²) in [6.45, 7) is 1.47. The number of carboxylic acid groups (broad SMARTS) is 1. The van der Waals surface area contributed by atoms with Crippen LogP contribution in [0.2, 0.25) is 0 Å². The van der Waals surface area contributed by atoms with Gasteiger partial charge in [0.25, 0.3) is 0 Å². The Balaban J connectivity index is 2.08. The lowest BCUT2D eigenvalue weighted by atomic mass is 10.1. The third-order valence-corrected chi connectivity index (χ3v) is 4.00. The van der Waals surface area contributed by atoms with Crippen LogP contribution in [0.1, 0.15) is 6.92 Å². The number of benzene rings is 2. The maximum atomic E-state index is 11.2. The fourth-order valence-electron chi connectivity index (χ4n) is 1.92. The number of fused-ring (bicyclic) bond motifs is 1. The first-order valence-corrected chi connectivity index (χ1v) is 7.53. The molecule has 0 radical (unpaired) electrons. The highest BCUT2D eigenvalue weighted by atomic mass is 32.2. The summed E-state index contributed by atoms with van der Waals surface area (Å²) in [6, 6.07) is 13.4. The van der Waals surface area contributed by atoms with E-state index in [0.717, 1.165) is 22.5 Å². The van der Waals surface area contributed by atoms with E-state index in [-0.39, 0.29) is 17.5 Å². The van der Waals surface area contributed by atoms with Crippen molar-refractivity contribution in [3.05, 3.63) is 42.5 Å². The maximum absolute atomic E-state index is 11.2. The number of aliphatic carboxylic acids is 1. The molecule has 0 aliphatic carbocycles. The molecule has 0 amide bonds. The van der Waals surface area contributed by atoms with Crippen molar-refractivity contribution in [2.75, 3.05) is 12.4 Å². The van der Waals surface area contributed by atoms with E-state index in [2.05, 4.69) is 0 Å². The zero-order valence-corrected chi connectivity index (χ0v) is 12.4. The van der Waals surface area contributed by atoms with Gasteiger partial charge in [-0.2, -0.15) is 0 Å². The van der Waals surface area contributed by atoms with Crippen molar-refractivity contribution in [2.24, 2.45) is 5.92 Å². The highest BCUT2D eigenvalue weighted by Gasteiger charge is 2.19. The molecule has 1 atom stereocenters. The number of rotatable bonds is 6. The molecule has 0 heterocycles. The molecule has 0 spiro atoms. The van der Waals surface area contributed by atoms with Crippen molar-refractivity contribution in [3.63, 3.8) is 0 Å². The molecule has 0 fully saturated rings. The number of thioether (sulfide) groups is 1. The number of hydrogen-bond donors (Lipinski definition) is 1. The lowest BCUT2D eigenvalue weighted by Gasteiger charge is -2.14. The van der Waals surface area contributed by atoms with E-state index in [1.165, 1.54) is 6.92 Å². The number of carbonyl (C=O) groups excluding carboxylic acids is 1. The molecule has 110 valence electrons. The van der Waals surface area contributed by atoms with Crippen LogP contribution >= 0.6 is 11.8 Å². The predicted molar refractivity (Wildman–Crippen MR) is 83.7 cm³/mol. The first kappa shape index (κ1) is 15.4. The van der Waals surface area contributed by atoms with Gasteiger partial charge in [-0.15, -0.1) is 0 Å².